The summed E-state index contributed by atoms with van der Waals surface area (Å²) >= 11 is 0. The van der Waals surface area contributed by atoms with Crippen LogP contribution in [-0.4, -0.2) is 13.2 Å². The zero-order chi connectivity index (χ0) is 22.2. The largest absolute Gasteiger partial charge is 0.491 e. The maximum absolute atomic E-state index is 14.9. The molecule has 170 valence electrons. The van der Waals surface area contributed by atoms with Crippen LogP contribution in [0.15, 0.2) is 30.3 Å². The Hall–Kier alpha value is -2.01. The highest BCUT2D eigenvalue weighted by atomic mass is 19.2. The molecule has 1 fully saturated rings. The topological polar surface area (TPSA) is 18.5 Å². The molecule has 0 aromatic heterocycles. The van der Waals surface area contributed by atoms with Crippen molar-refractivity contribution in [2.24, 2.45) is 5.92 Å². The van der Waals surface area contributed by atoms with Crippen molar-refractivity contribution in [3.05, 3.63) is 53.3 Å². The molecule has 1 aliphatic heterocycles. The lowest BCUT2D eigenvalue weighted by Gasteiger charge is -2.29. The molecule has 0 radical (unpaired) electrons. The number of benzene rings is 2. The van der Waals surface area contributed by atoms with Gasteiger partial charge in [-0.2, -0.15) is 0 Å². The van der Waals surface area contributed by atoms with Crippen LogP contribution in [-0.2, 0) is 4.74 Å². The summed E-state index contributed by atoms with van der Waals surface area (Å²) in [5.74, 6) is -1.83. The van der Waals surface area contributed by atoms with E-state index in [0.29, 0.717) is 25.6 Å². The third-order valence-electron chi connectivity index (χ3n) is 6.02. The highest BCUT2D eigenvalue weighted by Gasteiger charge is 2.27. The van der Waals surface area contributed by atoms with E-state index in [1.54, 1.807) is 12.1 Å². The summed E-state index contributed by atoms with van der Waals surface area (Å²) < 4.78 is 55.5. The highest BCUT2D eigenvalue weighted by Crippen LogP contribution is 2.37. The van der Waals surface area contributed by atoms with Gasteiger partial charge in [-0.05, 0) is 49.3 Å². The van der Waals surface area contributed by atoms with Crippen LogP contribution in [0.25, 0.3) is 11.1 Å². The molecule has 3 rings (SSSR count). The molecule has 0 bridgehead atoms. The summed E-state index contributed by atoms with van der Waals surface area (Å²) in [7, 11) is 0. The predicted molar refractivity (Wildman–Crippen MR) is 118 cm³/mol. The van der Waals surface area contributed by atoms with E-state index in [-0.39, 0.29) is 22.4 Å². The molecule has 1 saturated heterocycles. The fraction of sp³-hybridized carbons (Fsp3) is 0.538. The first-order valence-corrected chi connectivity index (χ1v) is 11.6. The molecule has 2 nitrogen and oxygen atoms in total. The van der Waals surface area contributed by atoms with Crippen molar-refractivity contribution in [2.75, 3.05) is 13.2 Å². The second kappa shape index (κ2) is 11.6. The fourth-order valence-electron chi connectivity index (χ4n) is 4.22. The third kappa shape index (κ3) is 6.03. The minimum Gasteiger partial charge on any atom is -0.491 e. The van der Waals surface area contributed by atoms with Gasteiger partial charge in [0, 0.05) is 11.1 Å². The maximum atomic E-state index is 14.9. The molecule has 0 amide bonds. The molecule has 2 unspecified atom stereocenters. The summed E-state index contributed by atoms with van der Waals surface area (Å²) in [6, 6.07) is 7.32. The molecule has 2 atom stereocenters. The number of unbranched alkanes of at least 4 members (excludes halogenated alkanes) is 3. The SMILES string of the molecule is CCCCCCOc1ccc(-c2ccc(C3CCC(CCC)CO3)c(F)c2F)cc1F. The van der Waals surface area contributed by atoms with Gasteiger partial charge in [-0.3, -0.25) is 0 Å². The molecular weight excluding hydrogens is 401 g/mol. The molecule has 0 N–H and O–H groups in total. The normalized spacial score (nSPS) is 18.9. The molecule has 2 aromatic carbocycles. The second-order valence-electron chi connectivity index (χ2n) is 8.44. The zero-order valence-corrected chi connectivity index (χ0v) is 18.6. The first kappa shape index (κ1) is 23.6. The molecular formula is C26H33F3O2. The summed E-state index contributed by atoms with van der Waals surface area (Å²) in [4.78, 5) is 0. The quantitative estimate of drug-likeness (QED) is 0.353. The van der Waals surface area contributed by atoms with Gasteiger partial charge in [-0.25, -0.2) is 13.2 Å². The Morgan fingerprint density at radius 3 is 2.45 bits per heavy atom. The number of hydrogen-bond acceptors (Lipinski definition) is 2. The lowest BCUT2D eigenvalue weighted by Crippen LogP contribution is -2.21. The Balaban J connectivity index is 1.69. The van der Waals surface area contributed by atoms with Gasteiger partial charge in [-0.15, -0.1) is 0 Å². The lowest BCUT2D eigenvalue weighted by atomic mass is 9.91. The predicted octanol–water partition coefficient (Wildman–Crippen LogP) is 8.00. The van der Waals surface area contributed by atoms with Gasteiger partial charge in [0.25, 0.3) is 0 Å². The maximum Gasteiger partial charge on any atom is 0.167 e. The van der Waals surface area contributed by atoms with Crippen LogP contribution in [0.5, 0.6) is 5.75 Å². The van der Waals surface area contributed by atoms with Crippen molar-refractivity contribution in [3.63, 3.8) is 0 Å². The van der Waals surface area contributed by atoms with Crippen molar-refractivity contribution in [3.8, 4) is 16.9 Å². The van der Waals surface area contributed by atoms with Crippen LogP contribution in [0.3, 0.4) is 0 Å². The van der Waals surface area contributed by atoms with Crippen molar-refractivity contribution in [1.29, 1.82) is 0 Å². The van der Waals surface area contributed by atoms with Gasteiger partial charge >= 0.3 is 0 Å². The van der Waals surface area contributed by atoms with Crippen LogP contribution in [0.1, 0.15) is 76.9 Å². The van der Waals surface area contributed by atoms with Crippen molar-refractivity contribution < 1.29 is 22.6 Å². The third-order valence-corrected chi connectivity index (χ3v) is 6.02. The molecule has 0 spiro atoms. The van der Waals surface area contributed by atoms with E-state index in [1.807, 2.05) is 0 Å². The Kier molecular flexibility index (Phi) is 8.82. The van der Waals surface area contributed by atoms with Gasteiger partial charge in [0.15, 0.2) is 23.2 Å². The highest BCUT2D eigenvalue weighted by molar-refractivity contribution is 5.66. The van der Waals surface area contributed by atoms with Gasteiger partial charge in [0.05, 0.1) is 19.3 Å². The minimum absolute atomic E-state index is 0.0364. The Morgan fingerprint density at radius 2 is 1.77 bits per heavy atom. The van der Waals surface area contributed by atoms with E-state index < -0.39 is 23.6 Å². The minimum atomic E-state index is -0.968. The van der Waals surface area contributed by atoms with E-state index >= 15 is 0 Å². The molecule has 0 saturated carbocycles. The van der Waals surface area contributed by atoms with Crippen molar-refractivity contribution in [1.82, 2.24) is 0 Å². The monoisotopic (exact) mass is 434 g/mol. The summed E-state index contributed by atoms with van der Waals surface area (Å²) in [6.07, 6.45) is 7.52. The average Bonchev–Trinajstić information content (AvgIpc) is 2.77. The first-order chi connectivity index (χ1) is 15.0. The van der Waals surface area contributed by atoms with E-state index in [1.165, 1.54) is 18.2 Å². The molecule has 1 heterocycles. The van der Waals surface area contributed by atoms with Gasteiger partial charge < -0.3 is 9.47 Å². The standard InChI is InChI=1S/C26H33F3O2/c1-3-5-6-7-15-30-24-14-10-19(16-22(24)27)20-11-12-21(26(29)25(20)28)23-13-9-18(8-4-2)17-31-23/h10-12,14,16,18,23H,3-9,13,15,17H2,1-2H3. The molecule has 31 heavy (non-hydrogen) atoms. The smallest absolute Gasteiger partial charge is 0.167 e. The number of rotatable bonds is 10. The van der Waals surface area contributed by atoms with Crippen LogP contribution >= 0.6 is 0 Å². The Morgan fingerprint density at radius 1 is 0.935 bits per heavy atom. The molecule has 0 aliphatic carbocycles. The summed E-state index contributed by atoms with van der Waals surface area (Å²) in [6.45, 7) is 5.27. The van der Waals surface area contributed by atoms with E-state index in [4.69, 9.17) is 9.47 Å². The van der Waals surface area contributed by atoms with E-state index in [9.17, 15) is 13.2 Å². The van der Waals surface area contributed by atoms with Crippen LogP contribution in [0.2, 0.25) is 0 Å². The van der Waals surface area contributed by atoms with Gasteiger partial charge in [0.2, 0.25) is 0 Å². The first-order valence-electron chi connectivity index (χ1n) is 11.6. The van der Waals surface area contributed by atoms with Crippen LogP contribution < -0.4 is 4.74 Å². The molecule has 2 aromatic rings. The summed E-state index contributed by atoms with van der Waals surface area (Å²) in [5.41, 5.74) is 0.560. The lowest BCUT2D eigenvalue weighted by molar-refractivity contribution is -0.0214. The van der Waals surface area contributed by atoms with Gasteiger partial charge in [0.1, 0.15) is 0 Å². The molecule has 1 aliphatic rings. The number of halogens is 3. The van der Waals surface area contributed by atoms with E-state index in [0.717, 1.165) is 44.9 Å². The number of ether oxygens (including phenoxy) is 2. The molecule has 5 heteroatoms. The fourth-order valence-corrected chi connectivity index (χ4v) is 4.22. The van der Waals surface area contributed by atoms with Crippen molar-refractivity contribution in [2.45, 2.75) is 71.3 Å². The second-order valence-corrected chi connectivity index (χ2v) is 8.44. The average molecular weight is 435 g/mol. The number of hydrogen-bond donors (Lipinski definition) is 0. The van der Waals surface area contributed by atoms with E-state index in [2.05, 4.69) is 13.8 Å². The van der Waals surface area contributed by atoms with Gasteiger partial charge in [-0.1, -0.05) is 57.7 Å². The van der Waals surface area contributed by atoms with Crippen LogP contribution in [0, 0.1) is 23.4 Å². The Labute approximate surface area is 183 Å². The Bertz CT molecular complexity index is 845. The van der Waals surface area contributed by atoms with Crippen LogP contribution in [0.4, 0.5) is 13.2 Å². The van der Waals surface area contributed by atoms with Crippen molar-refractivity contribution >= 4 is 0 Å². The zero-order valence-electron chi connectivity index (χ0n) is 18.6. The summed E-state index contributed by atoms with van der Waals surface area (Å²) in [5, 5.41) is 0.